The monoisotopic (exact) mass is 408 g/mol. The van der Waals surface area contributed by atoms with E-state index in [-0.39, 0.29) is 46.8 Å². The van der Waals surface area contributed by atoms with Crippen LogP contribution in [0.3, 0.4) is 0 Å². The number of aliphatic carboxylic acids is 1. The van der Waals surface area contributed by atoms with Crippen LogP contribution in [-0.2, 0) is 4.79 Å². The number of aliphatic hydroxyl groups excluding tert-OH is 2. The Morgan fingerprint density at radius 1 is 1.10 bits per heavy atom. The number of aliphatic hydroxyl groups is 3. The standard InChI is InChI=1S/C24H40O5/c1-14(6-9-20(27)28)15-7-8-16-21-17(12-19(26)23(15,16)3)22(2)10-4-5-11-24(22,29)13-18(21)25/h14-19,21,25-26,29H,4-13H2,1-3H3,(H,27,28)/t14-,15-,16+,17+,18-,19+,21+,22-,23-,24+/m1/s1. The van der Waals surface area contributed by atoms with E-state index in [9.17, 15) is 20.1 Å². The van der Waals surface area contributed by atoms with Gasteiger partial charge in [0.1, 0.15) is 0 Å². The van der Waals surface area contributed by atoms with Gasteiger partial charge in [0, 0.05) is 12.8 Å². The third kappa shape index (κ3) is 3.02. The Morgan fingerprint density at radius 2 is 1.79 bits per heavy atom. The zero-order valence-electron chi connectivity index (χ0n) is 18.3. The predicted octanol–water partition coefficient (Wildman–Crippen LogP) is 3.59. The first-order valence-electron chi connectivity index (χ1n) is 11.8. The van der Waals surface area contributed by atoms with Gasteiger partial charge in [0.25, 0.3) is 0 Å². The van der Waals surface area contributed by atoms with Gasteiger partial charge in [-0.05, 0) is 78.9 Å². The largest absolute Gasteiger partial charge is 0.481 e. The van der Waals surface area contributed by atoms with Crippen LogP contribution in [0.2, 0.25) is 0 Å². The van der Waals surface area contributed by atoms with Crippen molar-refractivity contribution in [2.24, 2.45) is 40.4 Å². The van der Waals surface area contributed by atoms with Gasteiger partial charge in [0.15, 0.2) is 0 Å². The van der Waals surface area contributed by atoms with Crippen LogP contribution in [0.1, 0.15) is 85.0 Å². The molecule has 0 unspecified atom stereocenters. The summed E-state index contributed by atoms with van der Waals surface area (Å²) in [5.41, 5.74) is -1.32. The quantitative estimate of drug-likeness (QED) is 0.570. The minimum atomic E-state index is -0.813. The lowest BCUT2D eigenvalue weighted by atomic mass is 9.42. The van der Waals surface area contributed by atoms with Crippen molar-refractivity contribution in [2.45, 2.75) is 103 Å². The van der Waals surface area contributed by atoms with Crippen LogP contribution in [0.4, 0.5) is 0 Å². The van der Waals surface area contributed by atoms with Gasteiger partial charge in [0.05, 0.1) is 17.8 Å². The summed E-state index contributed by atoms with van der Waals surface area (Å²) in [5.74, 6) is 0.297. The average Bonchev–Trinajstić information content (AvgIpc) is 3.00. The topological polar surface area (TPSA) is 98.0 Å². The second kappa shape index (κ2) is 7.20. The number of hydrogen-bond acceptors (Lipinski definition) is 4. The SMILES string of the molecule is C[C@H](CCC(=O)O)[C@H]1CC[C@H]2[C@@H]3[C@H](O)C[C@@]4(O)CCCC[C@]4(C)[C@H]3C[C@H](O)[C@]12C. The molecule has 4 rings (SSSR count). The first kappa shape index (κ1) is 21.6. The fraction of sp³-hybridized carbons (Fsp3) is 0.958. The lowest BCUT2D eigenvalue weighted by molar-refractivity contribution is -0.255. The molecule has 0 heterocycles. The van der Waals surface area contributed by atoms with Crippen molar-refractivity contribution in [2.75, 3.05) is 0 Å². The fourth-order valence-electron chi connectivity index (χ4n) is 8.74. The van der Waals surface area contributed by atoms with E-state index in [0.717, 1.165) is 38.5 Å². The molecule has 5 nitrogen and oxygen atoms in total. The summed E-state index contributed by atoms with van der Waals surface area (Å²) in [6.45, 7) is 6.55. The van der Waals surface area contributed by atoms with Gasteiger partial charge in [-0.3, -0.25) is 4.79 Å². The predicted molar refractivity (Wildman–Crippen MR) is 110 cm³/mol. The van der Waals surface area contributed by atoms with Crippen LogP contribution in [0.25, 0.3) is 0 Å². The normalized spacial score (nSPS) is 52.9. The van der Waals surface area contributed by atoms with Crippen LogP contribution in [0.5, 0.6) is 0 Å². The minimum Gasteiger partial charge on any atom is -0.481 e. The molecule has 5 heteroatoms. The zero-order chi connectivity index (χ0) is 21.2. The second-order valence-electron chi connectivity index (χ2n) is 11.4. The molecule has 4 fully saturated rings. The number of carboxylic acid groups (broad SMARTS) is 1. The Hall–Kier alpha value is -0.650. The van der Waals surface area contributed by atoms with Gasteiger partial charge >= 0.3 is 5.97 Å². The molecule has 0 aromatic heterocycles. The van der Waals surface area contributed by atoms with E-state index in [0.29, 0.717) is 19.3 Å². The Labute approximate surface area is 174 Å². The molecule has 0 amide bonds. The molecule has 0 aliphatic heterocycles. The Kier molecular flexibility index (Phi) is 5.36. The van der Waals surface area contributed by atoms with Crippen molar-refractivity contribution in [1.29, 1.82) is 0 Å². The molecule has 0 aromatic rings. The maximum absolute atomic E-state index is 11.5. The summed E-state index contributed by atoms with van der Waals surface area (Å²) in [7, 11) is 0. The van der Waals surface area contributed by atoms with Gasteiger partial charge < -0.3 is 20.4 Å². The van der Waals surface area contributed by atoms with Gasteiger partial charge in [-0.15, -0.1) is 0 Å². The first-order valence-corrected chi connectivity index (χ1v) is 11.8. The van der Waals surface area contributed by atoms with Crippen LogP contribution in [0, 0.1) is 40.4 Å². The summed E-state index contributed by atoms with van der Waals surface area (Å²) in [5, 5.41) is 43.3. The van der Waals surface area contributed by atoms with E-state index in [1.54, 1.807) is 0 Å². The Bertz CT molecular complexity index is 651. The van der Waals surface area contributed by atoms with Gasteiger partial charge in [-0.1, -0.05) is 33.6 Å². The van der Waals surface area contributed by atoms with Gasteiger partial charge in [-0.25, -0.2) is 0 Å². The van der Waals surface area contributed by atoms with Crippen molar-refractivity contribution in [3.8, 4) is 0 Å². The summed E-state index contributed by atoms with van der Waals surface area (Å²) < 4.78 is 0. The molecular weight excluding hydrogens is 368 g/mol. The summed E-state index contributed by atoms with van der Waals surface area (Å²) in [4.78, 5) is 11.1. The first-order chi connectivity index (χ1) is 13.5. The van der Waals surface area contributed by atoms with Crippen LogP contribution in [0.15, 0.2) is 0 Å². The smallest absolute Gasteiger partial charge is 0.303 e. The molecule has 4 aliphatic carbocycles. The molecule has 0 radical (unpaired) electrons. The van der Waals surface area contributed by atoms with E-state index < -0.39 is 23.8 Å². The fourth-order valence-corrected chi connectivity index (χ4v) is 8.74. The number of fused-ring (bicyclic) bond motifs is 5. The molecule has 0 bridgehead atoms. The number of carbonyl (C=O) groups is 1. The highest BCUT2D eigenvalue weighted by molar-refractivity contribution is 5.66. The molecule has 4 aliphatic rings. The molecule has 0 spiro atoms. The van der Waals surface area contributed by atoms with Gasteiger partial charge in [0.2, 0.25) is 0 Å². The van der Waals surface area contributed by atoms with E-state index in [1.807, 2.05) is 0 Å². The highest BCUT2D eigenvalue weighted by atomic mass is 16.4. The van der Waals surface area contributed by atoms with Crippen molar-refractivity contribution in [1.82, 2.24) is 0 Å². The molecule has 166 valence electrons. The van der Waals surface area contributed by atoms with Crippen molar-refractivity contribution in [3.05, 3.63) is 0 Å². The molecule has 0 saturated heterocycles. The Morgan fingerprint density at radius 3 is 2.48 bits per heavy atom. The van der Waals surface area contributed by atoms with Crippen molar-refractivity contribution < 1.29 is 25.2 Å². The molecular formula is C24H40O5. The average molecular weight is 409 g/mol. The maximum atomic E-state index is 11.5. The third-order valence-corrected chi connectivity index (χ3v) is 10.4. The van der Waals surface area contributed by atoms with Crippen molar-refractivity contribution in [3.63, 3.8) is 0 Å². The third-order valence-electron chi connectivity index (χ3n) is 10.4. The molecule has 4 N–H and O–H groups in total. The van der Waals surface area contributed by atoms with E-state index in [1.165, 1.54) is 0 Å². The van der Waals surface area contributed by atoms with E-state index in [2.05, 4.69) is 20.8 Å². The van der Waals surface area contributed by atoms with Crippen LogP contribution in [-0.4, -0.2) is 44.2 Å². The highest BCUT2D eigenvalue weighted by Crippen LogP contribution is 2.69. The van der Waals surface area contributed by atoms with E-state index >= 15 is 0 Å². The number of carboxylic acids is 1. The van der Waals surface area contributed by atoms with Gasteiger partial charge in [-0.2, -0.15) is 0 Å². The lowest BCUT2D eigenvalue weighted by Gasteiger charge is -2.65. The molecule has 4 saturated carbocycles. The second-order valence-corrected chi connectivity index (χ2v) is 11.4. The number of rotatable bonds is 4. The van der Waals surface area contributed by atoms with E-state index in [4.69, 9.17) is 5.11 Å². The number of hydrogen-bond donors (Lipinski definition) is 4. The summed E-state index contributed by atoms with van der Waals surface area (Å²) in [6.07, 6.45) is 6.82. The lowest BCUT2D eigenvalue weighted by Crippen LogP contribution is -2.67. The molecule has 10 atom stereocenters. The molecule has 0 aromatic carbocycles. The van der Waals surface area contributed by atoms with Crippen LogP contribution >= 0.6 is 0 Å². The Balaban J connectivity index is 1.64. The summed E-state index contributed by atoms with van der Waals surface area (Å²) >= 11 is 0. The zero-order valence-corrected chi connectivity index (χ0v) is 18.3. The highest BCUT2D eigenvalue weighted by Gasteiger charge is 2.68. The summed E-state index contributed by atoms with van der Waals surface area (Å²) in [6, 6.07) is 0. The maximum Gasteiger partial charge on any atom is 0.303 e. The molecule has 29 heavy (non-hydrogen) atoms. The minimum absolute atomic E-state index is 0.128. The van der Waals surface area contributed by atoms with Crippen molar-refractivity contribution >= 4 is 5.97 Å². The van der Waals surface area contributed by atoms with Crippen LogP contribution < -0.4 is 0 Å².